The van der Waals surface area contributed by atoms with Crippen molar-refractivity contribution in [2.45, 2.75) is 76.4 Å². The van der Waals surface area contributed by atoms with Crippen molar-refractivity contribution in [2.24, 2.45) is 5.92 Å². The number of hydrogen-bond donors (Lipinski definition) is 3. The largest absolute Gasteiger partial charge is 0.391 e. The van der Waals surface area contributed by atoms with Crippen molar-refractivity contribution in [1.82, 2.24) is 10.2 Å². The molecule has 1 aliphatic carbocycles. The van der Waals surface area contributed by atoms with Crippen molar-refractivity contribution in [2.75, 3.05) is 18.4 Å². The number of alkyl halides is 2. The number of hydrogen-bond acceptors (Lipinski definition) is 3. The fraction of sp³-hybridized carbons (Fsp3) is 0.652. The third-order valence-corrected chi connectivity index (χ3v) is 6.29. The van der Waals surface area contributed by atoms with Crippen molar-refractivity contribution >= 4 is 17.6 Å². The summed E-state index contributed by atoms with van der Waals surface area (Å²) in [5.74, 6) is -4.27. The van der Waals surface area contributed by atoms with Crippen LogP contribution in [0.5, 0.6) is 0 Å². The number of carbonyl (C=O) groups excluding carboxylic acids is 2. The highest BCUT2D eigenvalue weighted by Crippen LogP contribution is 2.38. The molecule has 0 aromatic heterocycles. The van der Waals surface area contributed by atoms with Gasteiger partial charge in [0, 0.05) is 31.6 Å². The molecule has 0 spiro atoms. The average Bonchev–Trinajstić information content (AvgIpc) is 3.12. The maximum absolute atomic E-state index is 14.6. The molecule has 3 amide bonds. The van der Waals surface area contributed by atoms with Crippen LogP contribution in [0.1, 0.15) is 58.4 Å². The van der Waals surface area contributed by atoms with Gasteiger partial charge in [-0.05, 0) is 48.3 Å². The summed E-state index contributed by atoms with van der Waals surface area (Å²) >= 11 is 0. The molecule has 2 aliphatic rings. The van der Waals surface area contributed by atoms with Gasteiger partial charge in [0.15, 0.2) is 0 Å². The first-order chi connectivity index (χ1) is 14.9. The summed E-state index contributed by atoms with van der Waals surface area (Å²) < 4.78 is 41.9. The summed E-state index contributed by atoms with van der Waals surface area (Å²) in [5.41, 5.74) is 0.330. The molecule has 2 fully saturated rings. The molecule has 1 saturated carbocycles. The summed E-state index contributed by atoms with van der Waals surface area (Å²) in [6, 6.07) is 2.86. The Morgan fingerprint density at radius 3 is 2.38 bits per heavy atom. The van der Waals surface area contributed by atoms with Crippen LogP contribution in [0.4, 0.5) is 23.7 Å². The lowest BCUT2D eigenvalue weighted by molar-refractivity contribution is -0.121. The number of carbonyl (C=O) groups is 2. The van der Waals surface area contributed by atoms with E-state index in [0.29, 0.717) is 18.5 Å². The number of rotatable bonds is 4. The Hall–Kier alpha value is -2.29. The first-order valence-electron chi connectivity index (χ1n) is 11.1. The van der Waals surface area contributed by atoms with Crippen LogP contribution in [-0.2, 0) is 10.2 Å². The third kappa shape index (κ3) is 5.94. The van der Waals surface area contributed by atoms with E-state index in [9.17, 15) is 27.9 Å². The normalized spacial score (nSPS) is 22.5. The number of aliphatic hydroxyl groups is 1. The minimum atomic E-state index is -2.77. The van der Waals surface area contributed by atoms with E-state index in [2.05, 4.69) is 10.6 Å². The van der Waals surface area contributed by atoms with E-state index in [-0.39, 0.29) is 37.9 Å². The molecule has 1 aromatic rings. The highest BCUT2D eigenvalue weighted by molar-refractivity contribution is 5.97. The van der Waals surface area contributed by atoms with Gasteiger partial charge in [0.25, 0.3) is 0 Å². The molecule has 0 unspecified atom stereocenters. The second kappa shape index (κ2) is 9.29. The number of nitrogens with one attached hydrogen (secondary N) is 2. The van der Waals surface area contributed by atoms with Gasteiger partial charge in [-0.2, -0.15) is 0 Å². The van der Waals surface area contributed by atoms with Gasteiger partial charge in [0.05, 0.1) is 6.10 Å². The Balaban J connectivity index is 1.75. The summed E-state index contributed by atoms with van der Waals surface area (Å²) in [5, 5.41) is 15.0. The molecule has 9 heteroatoms. The van der Waals surface area contributed by atoms with E-state index in [4.69, 9.17) is 0 Å². The minimum absolute atomic E-state index is 0.0886. The van der Waals surface area contributed by atoms with E-state index in [1.54, 1.807) is 12.1 Å². The molecule has 2 atom stereocenters. The Kier molecular flexibility index (Phi) is 7.07. The zero-order valence-electron chi connectivity index (χ0n) is 18.8. The number of urea groups is 1. The number of anilines is 1. The number of β-amino-alcohol motifs (C(OH)–C–C–N with tert-alkyl or cyclic N) is 1. The topological polar surface area (TPSA) is 81.7 Å². The first-order valence-corrected chi connectivity index (χ1v) is 11.1. The molecule has 1 saturated heterocycles. The SMILES string of the molecule is CC(C)(C)c1ccc(NC(=O)[C@H](NC(=O)N2CC[C@H](O)C2)C2CCC(F)(F)CC2)cc1F. The number of likely N-dealkylation sites (tertiary alicyclic amines) is 1. The van der Waals surface area contributed by atoms with Gasteiger partial charge in [0.1, 0.15) is 11.9 Å². The van der Waals surface area contributed by atoms with E-state index in [0.717, 1.165) is 0 Å². The van der Waals surface area contributed by atoms with Crippen LogP contribution in [0.15, 0.2) is 18.2 Å². The van der Waals surface area contributed by atoms with Gasteiger partial charge in [-0.1, -0.05) is 26.8 Å². The van der Waals surface area contributed by atoms with Crippen LogP contribution >= 0.6 is 0 Å². The minimum Gasteiger partial charge on any atom is -0.391 e. The predicted molar refractivity (Wildman–Crippen MR) is 115 cm³/mol. The lowest BCUT2D eigenvalue weighted by Gasteiger charge is -2.34. The van der Waals surface area contributed by atoms with Gasteiger partial charge in [0.2, 0.25) is 11.8 Å². The Morgan fingerprint density at radius 2 is 1.84 bits per heavy atom. The number of aliphatic hydroxyl groups excluding tert-OH is 1. The summed E-state index contributed by atoms with van der Waals surface area (Å²) in [7, 11) is 0. The molecule has 1 heterocycles. The van der Waals surface area contributed by atoms with Crippen molar-refractivity contribution in [3.8, 4) is 0 Å². The zero-order valence-corrected chi connectivity index (χ0v) is 18.8. The Morgan fingerprint density at radius 1 is 1.19 bits per heavy atom. The van der Waals surface area contributed by atoms with Crippen LogP contribution in [0.3, 0.4) is 0 Å². The van der Waals surface area contributed by atoms with Crippen LogP contribution in [0, 0.1) is 11.7 Å². The van der Waals surface area contributed by atoms with E-state index < -0.39 is 47.2 Å². The summed E-state index contributed by atoms with van der Waals surface area (Å²) in [4.78, 5) is 27.1. The summed E-state index contributed by atoms with van der Waals surface area (Å²) in [6.07, 6.45) is -0.704. The highest BCUT2D eigenvalue weighted by atomic mass is 19.3. The van der Waals surface area contributed by atoms with Crippen molar-refractivity contribution < 1.29 is 27.9 Å². The fourth-order valence-corrected chi connectivity index (χ4v) is 4.36. The number of amides is 3. The quantitative estimate of drug-likeness (QED) is 0.641. The molecule has 0 bridgehead atoms. The fourth-order valence-electron chi connectivity index (χ4n) is 4.36. The Bertz CT molecular complexity index is 847. The molecule has 32 heavy (non-hydrogen) atoms. The lowest BCUT2D eigenvalue weighted by atomic mass is 9.81. The summed E-state index contributed by atoms with van der Waals surface area (Å²) in [6.45, 7) is 6.14. The third-order valence-electron chi connectivity index (χ3n) is 6.29. The molecule has 0 radical (unpaired) electrons. The van der Waals surface area contributed by atoms with Crippen LogP contribution in [0.2, 0.25) is 0 Å². The monoisotopic (exact) mass is 455 g/mol. The van der Waals surface area contributed by atoms with Crippen LogP contribution < -0.4 is 10.6 Å². The Labute approximate surface area is 186 Å². The van der Waals surface area contributed by atoms with Crippen molar-refractivity contribution in [1.29, 1.82) is 0 Å². The van der Waals surface area contributed by atoms with Crippen LogP contribution in [0.25, 0.3) is 0 Å². The van der Waals surface area contributed by atoms with E-state index >= 15 is 0 Å². The average molecular weight is 456 g/mol. The molecular formula is C23H32F3N3O3. The molecule has 3 rings (SSSR count). The molecule has 3 N–H and O–H groups in total. The maximum atomic E-state index is 14.6. The highest BCUT2D eigenvalue weighted by Gasteiger charge is 2.41. The van der Waals surface area contributed by atoms with Gasteiger partial charge >= 0.3 is 6.03 Å². The predicted octanol–water partition coefficient (Wildman–Crippen LogP) is 4.03. The van der Waals surface area contributed by atoms with E-state index in [1.165, 1.54) is 11.0 Å². The maximum Gasteiger partial charge on any atom is 0.318 e. The molecule has 178 valence electrons. The first kappa shape index (κ1) is 24.4. The second-order valence-corrected chi connectivity index (χ2v) is 9.94. The van der Waals surface area contributed by atoms with Gasteiger partial charge in [-0.3, -0.25) is 4.79 Å². The van der Waals surface area contributed by atoms with E-state index in [1.807, 2.05) is 20.8 Å². The molecule has 1 aromatic carbocycles. The molecule has 6 nitrogen and oxygen atoms in total. The van der Waals surface area contributed by atoms with Crippen molar-refractivity contribution in [3.63, 3.8) is 0 Å². The standard InChI is InChI=1S/C23H32F3N3O3/c1-22(2,3)17-5-4-15(12-18(17)24)27-20(31)19(14-6-9-23(25,26)10-7-14)28-21(32)29-11-8-16(30)13-29/h4-5,12,14,16,19,30H,6-11,13H2,1-3H3,(H,27,31)(H,28,32)/t16-,19+/m0/s1. The van der Waals surface area contributed by atoms with Gasteiger partial charge in [-0.25, -0.2) is 18.0 Å². The number of benzene rings is 1. The van der Waals surface area contributed by atoms with Gasteiger partial charge < -0.3 is 20.6 Å². The lowest BCUT2D eigenvalue weighted by Crippen LogP contribution is -2.53. The molecular weight excluding hydrogens is 423 g/mol. The molecule has 1 aliphatic heterocycles. The smallest absolute Gasteiger partial charge is 0.318 e. The van der Waals surface area contributed by atoms with Crippen molar-refractivity contribution in [3.05, 3.63) is 29.6 Å². The van der Waals surface area contributed by atoms with Crippen LogP contribution in [-0.4, -0.2) is 53.1 Å². The second-order valence-electron chi connectivity index (χ2n) is 9.94. The zero-order chi connectivity index (χ0) is 23.7. The number of nitrogens with zero attached hydrogens (tertiary/aromatic N) is 1. The van der Waals surface area contributed by atoms with Gasteiger partial charge in [-0.15, -0.1) is 0 Å². The number of halogens is 3.